The number of hydrogen-bond donors (Lipinski definition) is 1. The summed E-state index contributed by atoms with van der Waals surface area (Å²) < 4.78 is 39.4. The van der Waals surface area contributed by atoms with Gasteiger partial charge in [0.15, 0.2) is 0 Å². The molecule has 1 N–H and O–H groups in total. The zero-order chi connectivity index (χ0) is 12.2. The minimum atomic E-state index is -4.15. The summed E-state index contributed by atoms with van der Waals surface area (Å²) in [4.78, 5) is 1.97. The van der Waals surface area contributed by atoms with Crippen molar-refractivity contribution in [1.29, 1.82) is 0 Å². The van der Waals surface area contributed by atoms with Crippen LogP contribution in [0.1, 0.15) is 32.6 Å². The van der Waals surface area contributed by atoms with Gasteiger partial charge in [0.2, 0.25) is 0 Å². The normalized spacial score (nSPS) is 29.1. The monoisotopic (exact) mass is 238 g/mol. The van der Waals surface area contributed by atoms with E-state index >= 15 is 0 Å². The Bertz CT molecular complexity index is 214. The summed E-state index contributed by atoms with van der Waals surface area (Å²) in [5.41, 5.74) is -1.66. The van der Waals surface area contributed by atoms with Crippen molar-refractivity contribution < 1.29 is 13.2 Å². The van der Waals surface area contributed by atoms with Crippen molar-refractivity contribution in [3.8, 4) is 0 Å². The molecule has 5 heteroatoms. The van der Waals surface area contributed by atoms with Crippen LogP contribution in [0.5, 0.6) is 0 Å². The van der Waals surface area contributed by atoms with Gasteiger partial charge >= 0.3 is 6.18 Å². The van der Waals surface area contributed by atoms with E-state index in [1.165, 1.54) is 0 Å². The molecule has 0 saturated carbocycles. The highest BCUT2D eigenvalue weighted by Gasteiger charge is 2.53. The van der Waals surface area contributed by atoms with Crippen molar-refractivity contribution in [3.05, 3.63) is 0 Å². The molecule has 1 heterocycles. The molecule has 0 aliphatic carbocycles. The summed E-state index contributed by atoms with van der Waals surface area (Å²) in [6.07, 6.45) is -2.46. The third-order valence-electron chi connectivity index (χ3n) is 3.32. The Hall–Kier alpha value is -0.290. The van der Waals surface area contributed by atoms with Crippen LogP contribution in [0.3, 0.4) is 0 Å². The van der Waals surface area contributed by atoms with Gasteiger partial charge in [0.05, 0.1) is 0 Å². The summed E-state index contributed by atoms with van der Waals surface area (Å²) in [7, 11) is 1.88. The second-order valence-electron chi connectivity index (χ2n) is 4.66. The number of alkyl halides is 3. The van der Waals surface area contributed by atoms with Gasteiger partial charge in [0.1, 0.15) is 5.54 Å². The van der Waals surface area contributed by atoms with Crippen LogP contribution in [0.2, 0.25) is 0 Å². The Morgan fingerprint density at radius 1 is 1.25 bits per heavy atom. The van der Waals surface area contributed by atoms with Gasteiger partial charge in [-0.2, -0.15) is 13.2 Å². The number of hydrogen-bond acceptors (Lipinski definition) is 2. The van der Waals surface area contributed by atoms with Gasteiger partial charge in [-0.05, 0) is 52.4 Å². The molecule has 0 amide bonds. The van der Waals surface area contributed by atoms with E-state index in [2.05, 4.69) is 5.32 Å². The molecule has 0 radical (unpaired) electrons. The molecule has 1 rings (SSSR count). The van der Waals surface area contributed by atoms with E-state index in [4.69, 9.17) is 0 Å². The lowest BCUT2D eigenvalue weighted by Gasteiger charge is -2.36. The van der Waals surface area contributed by atoms with Crippen LogP contribution in [-0.2, 0) is 0 Å². The van der Waals surface area contributed by atoms with E-state index < -0.39 is 11.7 Å². The summed E-state index contributed by atoms with van der Waals surface area (Å²) in [6.45, 7) is 3.59. The van der Waals surface area contributed by atoms with E-state index in [0.29, 0.717) is 19.5 Å². The summed E-state index contributed by atoms with van der Waals surface area (Å²) in [5, 5.41) is 2.73. The fourth-order valence-electron chi connectivity index (χ4n) is 2.19. The zero-order valence-corrected chi connectivity index (χ0v) is 10.0. The molecule has 1 fully saturated rings. The molecule has 0 aromatic heterocycles. The molecule has 0 spiro atoms. The number of nitrogens with one attached hydrogen (secondary N) is 1. The highest BCUT2D eigenvalue weighted by atomic mass is 19.4. The highest BCUT2D eigenvalue weighted by Crippen LogP contribution is 2.38. The minimum Gasteiger partial charge on any atom is -0.306 e. The van der Waals surface area contributed by atoms with E-state index in [9.17, 15) is 13.2 Å². The quantitative estimate of drug-likeness (QED) is 0.812. The highest BCUT2D eigenvalue weighted by molar-refractivity contribution is 4.97. The lowest BCUT2D eigenvalue weighted by Crippen LogP contribution is -2.57. The van der Waals surface area contributed by atoms with Crippen molar-refractivity contribution in [1.82, 2.24) is 10.2 Å². The van der Waals surface area contributed by atoms with Crippen molar-refractivity contribution >= 4 is 0 Å². The van der Waals surface area contributed by atoms with Gasteiger partial charge in [0.25, 0.3) is 0 Å². The Morgan fingerprint density at radius 3 is 2.50 bits per heavy atom. The summed E-state index contributed by atoms with van der Waals surface area (Å²) in [5.74, 6) is 0. The standard InChI is InChI=1S/C11H21F3N2/c1-3-7-15-10(11(12,13)14)5-4-8-16(2)9-6-10/h15H,3-9H2,1-2H3. The molecule has 1 atom stereocenters. The van der Waals surface area contributed by atoms with Crippen LogP contribution in [0.4, 0.5) is 13.2 Å². The largest absolute Gasteiger partial charge is 0.406 e. The summed E-state index contributed by atoms with van der Waals surface area (Å²) in [6, 6.07) is 0. The van der Waals surface area contributed by atoms with Gasteiger partial charge < -0.3 is 10.2 Å². The Morgan fingerprint density at radius 2 is 1.94 bits per heavy atom. The fraction of sp³-hybridized carbons (Fsp3) is 1.00. The van der Waals surface area contributed by atoms with Gasteiger partial charge in [-0.25, -0.2) is 0 Å². The molecule has 0 bridgehead atoms. The molecule has 96 valence electrons. The smallest absolute Gasteiger partial charge is 0.306 e. The average Bonchev–Trinajstić information content (AvgIpc) is 2.37. The van der Waals surface area contributed by atoms with E-state index in [0.717, 1.165) is 13.0 Å². The van der Waals surface area contributed by atoms with Crippen molar-refractivity contribution in [2.24, 2.45) is 0 Å². The SMILES string of the molecule is CCCNC1(C(F)(F)F)CCCN(C)CC1. The lowest BCUT2D eigenvalue weighted by atomic mass is 9.89. The Labute approximate surface area is 95.2 Å². The Kier molecular flexibility index (Phi) is 4.62. The molecule has 1 aliphatic rings. The van der Waals surface area contributed by atoms with Crippen LogP contribution in [0.15, 0.2) is 0 Å². The second-order valence-corrected chi connectivity index (χ2v) is 4.66. The molecular weight excluding hydrogens is 217 g/mol. The minimum absolute atomic E-state index is 0.160. The first kappa shape index (κ1) is 13.8. The van der Waals surface area contributed by atoms with E-state index in [1.54, 1.807) is 0 Å². The van der Waals surface area contributed by atoms with E-state index in [-0.39, 0.29) is 12.8 Å². The van der Waals surface area contributed by atoms with Gasteiger partial charge in [-0.1, -0.05) is 6.92 Å². The second kappa shape index (κ2) is 5.36. The van der Waals surface area contributed by atoms with E-state index in [1.807, 2.05) is 18.9 Å². The average molecular weight is 238 g/mol. The number of nitrogens with zero attached hydrogens (tertiary/aromatic N) is 1. The fourth-order valence-corrected chi connectivity index (χ4v) is 2.19. The van der Waals surface area contributed by atoms with Gasteiger partial charge in [-0.15, -0.1) is 0 Å². The third kappa shape index (κ3) is 3.10. The van der Waals surface area contributed by atoms with Crippen LogP contribution < -0.4 is 5.32 Å². The first-order valence-electron chi connectivity index (χ1n) is 5.91. The topological polar surface area (TPSA) is 15.3 Å². The Balaban J connectivity index is 2.77. The maximum Gasteiger partial charge on any atom is 0.406 e. The van der Waals surface area contributed by atoms with Crippen LogP contribution in [-0.4, -0.2) is 43.3 Å². The molecule has 0 aromatic carbocycles. The number of halogens is 3. The summed E-state index contributed by atoms with van der Waals surface area (Å²) >= 11 is 0. The molecule has 1 saturated heterocycles. The maximum atomic E-state index is 13.1. The van der Waals surface area contributed by atoms with Crippen LogP contribution in [0.25, 0.3) is 0 Å². The molecular formula is C11H21F3N2. The molecule has 16 heavy (non-hydrogen) atoms. The first-order chi connectivity index (χ1) is 7.41. The maximum absolute atomic E-state index is 13.1. The first-order valence-corrected chi connectivity index (χ1v) is 5.91. The van der Waals surface area contributed by atoms with Gasteiger partial charge in [-0.3, -0.25) is 0 Å². The van der Waals surface area contributed by atoms with Gasteiger partial charge in [0, 0.05) is 0 Å². The molecule has 1 unspecified atom stereocenters. The third-order valence-corrected chi connectivity index (χ3v) is 3.32. The van der Waals surface area contributed by atoms with Crippen molar-refractivity contribution in [3.63, 3.8) is 0 Å². The molecule has 0 aromatic rings. The lowest BCUT2D eigenvalue weighted by molar-refractivity contribution is -0.200. The predicted molar refractivity (Wildman–Crippen MR) is 58.4 cm³/mol. The zero-order valence-electron chi connectivity index (χ0n) is 10.0. The van der Waals surface area contributed by atoms with Crippen LogP contribution in [0, 0.1) is 0 Å². The van der Waals surface area contributed by atoms with Crippen LogP contribution >= 0.6 is 0 Å². The number of likely N-dealkylation sites (tertiary alicyclic amines) is 1. The molecule has 1 aliphatic heterocycles. The predicted octanol–water partition coefficient (Wildman–Crippen LogP) is 2.40. The number of rotatable bonds is 3. The van der Waals surface area contributed by atoms with Crippen molar-refractivity contribution in [2.45, 2.75) is 44.3 Å². The van der Waals surface area contributed by atoms with Crippen molar-refractivity contribution in [2.75, 3.05) is 26.7 Å². The molecule has 2 nitrogen and oxygen atoms in total.